The second-order valence-corrected chi connectivity index (χ2v) is 5.25. The largest absolute Gasteiger partial charge is 0.481 e. The molecule has 1 N–H and O–H groups in total. The molecule has 0 amide bonds. The van der Waals surface area contributed by atoms with Gasteiger partial charge in [-0.25, -0.2) is 4.79 Å². The molecule has 2 unspecified atom stereocenters. The van der Waals surface area contributed by atoms with Crippen LogP contribution in [-0.2, 0) is 9.53 Å². The monoisotopic (exact) mass is 297 g/mol. The second kappa shape index (κ2) is 5.48. The maximum atomic E-state index is 12.6. The molecule has 0 saturated carbocycles. The van der Waals surface area contributed by atoms with Crippen LogP contribution < -0.4 is 0 Å². The van der Waals surface area contributed by atoms with Crippen molar-refractivity contribution >= 4 is 11.9 Å². The minimum Gasteiger partial charge on any atom is -0.481 e. The van der Waals surface area contributed by atoms with Gasteiger partial charge in [0.05, 0.1) is 12.4 Å². The van der Waals surface area contributed by atoms with E-state index >= 15 is 0 Å². The maximum Gasteiger partial charge on any atom is 0.338 e. The Hall–Kier alpha value is -1.88. The van der Waals surface area contributed by atoms with E-state index in [-0.39, 0.29) is 6.42 Å². The number of nitrogens with zero attached hydrogens (tertiary/aromatic N) is 1. The molecule has 3 rings (SSSR count). The summed E-state index contributed by atoms with van der Waals surface area (Å²) in [5.41, 5.74) is -0.675. The fraction of sp³-hybridized carbons (Fsp3) is 0.500. The predicted molar refractivity (Wildman–Crippen MR) is 76.0 cm³/mol. The van der Waals surface area contributed by atoms with Crippen LogP contribution in [-0.4, -0.2) is 47.1 Å². The summed E-state index contributed by atoms with van der Waals surface area (Å²) in [7, 11) is 0. The molecule has 2 saturated heterocycles. The van der Waals surface area contributed by atoms with Gasteiger partial charge in [-0.2, -0.15) is 0 Å². The number of piperidine rings is 1. The van der Waals surface area contributed by atoms with Gasteiger partial charge >= 0.3 is 11.9 Å². The van der Waals surface area contributed by atoms with Crippen molar-refractivity contribution in [2.45, 2.75) is 37.5 Å². The van der Waals surface area contributed by atoms with Gasteiger partial charge in [-0.3, -0.25) is 9.69 Å². The van der Waals surface area contributed by atoms with Gasteiger partial charge in [-0.15, -0.1) is 0 Å². The summed E-state index contributed by atoms with van der Waals surface area (Å²) in [5.74, 6) is -3.84. The molecule has 2 bridgehead atoms. The van der Waals surface area contributed by atoms with Gasteiger partial charge in [0.25, 0.3) is 0 Å². The average Bonchev–Trinajstić information content (AvgIpc) is 2.93. The highest BCUT2D eigenvalue weighted by molar-refractivity contribution is 5.89. The summed E-state index contributed by atoms with van der Waals surface area (Å²) < 4.78 is 66.9. The molecule has 5 nitrogen and oxygen atoms in total. The highest BCUT2D eigenvalue weighted by Crippen LogP contribution is 2.39. The van der Waals surface area contributed by atoms with Crippen molar-refractivity contribution in [1.82, 2.24) is 4.90 Å². The Labute approximate surface area is 134 Å². The van der Waals surface area contributed by atoms with E-state index in [2.05, 4.69) is 0 Å². The summed E-state index contributed by atoms with van der Waals surface area (Å²) in [6.45, 7) is -2.48. The second-order valence-electron chi connectivity index (χ2n) is 5.25. The van der Waals surface area contributed by atoms with Crippen molar-refractivity contribution in [2.24, 2.45) is 5.92 Å². The van der Waals surface area contributed by atoms with E-state index in [0.717, 1.165) is 0 Å². The van der Waals surface area contributed by atoms with Crippen LogP contribution in [0.3, 0.4) is 0 Å². The van der Waals surface area contributed by atoms with Crippen molar-refractivity contribution in [3.63, 3.8) is 0 Å². The molecule has 0 aromatic heterocycles. The summed E-state index contributed by atoms with van der Waals surface area (Å²) in [4.78, 5) is 25.7. The first-order chi connectivity index (χ1) is 13.4. The SMILES string of the molecule is [2H]c1c([2H])c([2H])c(C(=O)O[C@H]2CC3CCC([C@@H]2C(=O)O)N3C([2H])([2H])[2H])c([2H])c1[2H]. The summed E-state index contributed by atoms with van der Waals surface area (Å²) in [6, 6.07) is -4.90. The average molecular weight is 297 g/mol. The number of aliphatic carboxylic acids is 1. The lowest BCUT2D eigenvalue weighted by molar-refractivity contribution is -0.152. The highest BCUT2D eigenvalue weighted by atomic mass is 16.5. The van der Waals surface area contributed by atoms with E-state index in [0.29, 0.717) is 12.8 Å². The maximum absolute atomic E-state index is 12.6. The van der Waals surface area contributed by atoms with Gasteiger partial charge in [0, 0.05) is 22.6 Å². The molecule has 5 heteroatoms. The standard InChI is InChI=1S/C16H19NO4/c1-17-11-7-8-12(17)14(15(18)19)13(9-11)21-16(20)10-5-3-2-4-6-10/h2-6,11-14H,7-9H2,1H3,(H,18,19)/t11?,12?,13-,14-/m0/s1/i1D3,2D,3D,4D,5D,6D. The van der Waals surface area contributed by atoms with Crippen molar-refractivity contribution in [3.8, 4) is 0 Å². The lowest BCUT2D eigenvalue weighted by Gasteiger charge is -2.40. The number of rotatable bonds is 3. The smallest absolute Gasteiger partial charge is 0.338 e. The van der Waals surface area contributed by atoms with Crippen molar-refractivity contribution in [1.29, 1.82) is 0 Å². The minimum absolute atomic E-state index is 0.0315. The number of carbonyl (C=O) groups is 2. The number of esters is 1. The van der Waals surface area contributed by atoms with Gasteiger partial charge in [-0.05, 0) is 31.9 Å². The van der Waals surface area contributed by atoms with Crippen LogP contribution in [0.5, 0.6) is 0 Å². The molecule has 2 heterocycles. The molecule has 1 aromatic rings. The Morgan fingerprint density at radius 1 is 1.38 bits per heavy atom. The van der Waals surface area contributed by atoms with Gasteiger partial charge < -0.3 is 9.84 Å². The molecule has 1 aromatic carbocycles. The molecule has 4 atom stereocenters. The van der Waals surface area contributed by atoms with E-state index in [4.69, 9.17) is 15.7 Å². The first-order valence-corrected chi connectivity index (χ1v) is 6.65. The van der Waals surface area contributed by atoms with Crippen molar-refractivity contribution in [3.05, 3.63) is 35.8 Å². The van der Waals surface area contributed by atoms with Gasteiger partial charge in [0.15, 0.2) is 0 Å². The number of benzene rings is 1. The van der Waals surface area contributed by atoms with E-state index in [1.54, 1.807) is 0 Å². The molecule has 21 heavy (non-hydrogen) atoms. The molecule has 0 aliphatic carbocycles. The van der Waals surface area contributed by atoms with Crippen LogP contribution in [0, 0.1) is 5.92 Å². The fourth-order valence-electron chi connectivity index (χ4n) is 3.15. The quantitative estimate of drug-likeness (QED) is 0.861. The van der Waals surface area contributed by atoms with Crippen LogP contribution in [0.1, 0.15) is 40.6 Å². The number of carbonyl (C=O) groups excluding carboxylic acids is 1. The Balaban J connectivity index is 1.93. The first kappa shape index (κ1) is 7.40. The summed E-state index contributed by atoms with van der Waals surface area (Å²) in [5, 5.41) is 9.67. The van der Waals surface area contributed by atoms with Crippen molar-refractivity contribution in [2.75, 3.05) is 6.98 Å². The van der Waals surface area contributed by atoms with Crippen LogP contribution in [0.2, 0.25) is 0 Å². The van der Waals surface area contributed by atoms with Gasteiger partial charge in [-0.1, -0.05) is 18.1 Å². The molecule has 112 valence electrons. The fourth-order valence-corrected chi connectivity index (χ4v) is 3.15. The van der Waals surface area contributed by atoms with E-state index in [1.807, 2.05) is 0 Å². The summed E-state index contributed by atoms with van der Waals surface area (Å²) >= 11 is 0. The van der Waals surface area contributed by atoms with E-state index < -0.39 is 78.8 Å². The minimum atomic E-state index is -2.48. The number of hydrogen-bond donors (Lipinski definition) is 1. The van der Waals surface area contributed by atoms with E-state index in [1.165, 1.54) is 4.90 Å². The van der Waals surface area contributed by atoms with Crippen LogP contribution >= 0.6 is 0 Å². The molecule has 0 spiro atoms. The molecule has 0 radical (unpaired) electrons. The zero-order valence-electron chi connectivity index (χ0n) is 19.0. The van der Waals surface area contributed by atoms with E-state index in [9.17, 15) is 14.7 Å². The molecule has 2 aliphatic rings. The topological polar surface area (TPSA) is 66.8 Å². The third kappa shape index (κ3) is 2.53. The Kier molecular flexibility index (Phi) is 1.93. The molecule has 2 aliphatic heterocycles. The molecular weight excluding hydrogens is 270 g/mol. The predicted octanol–water partition coefficient (Wildman–Crippen LogP) is 1.78. The number of hydrogen-bond acceptors (Lipinski definition) is 4. The third-order valence-electron chi connectivity index (χ3n) is 4.11. The molecular formula is C16H19NO4. The normalized spacial score (nSPS) is 37.9. The lowest BCUT2D eigenvalue weighted by Crippen LogP contribution is -2.53. The molecule has 2 fully saturated rings. The van der Waals surface area contributed by atoms with Crippen molar-refractivity contribution < 1.29 is 30.4 Å². The van der Waals surface area contributed by atoms with Crippen LogP contribution in [0.4, 0.5) is 0 Å². The Morgan fingerprint density at radius 3 is 2.81 bits per heavy atom. The summed E-state index contributed by atoms with van der Waals surface area (Å²) in [6.07, 6.45) is -0.442. The van der Waals surface area contributed by atoms with Gasteiger partial charge in [0.2, 0.25) is 0 Å². The van der Waals surface area contributed by atoms with Gasteiger partial charge in [0.1, 0.15) is 12.0 Å². The number of carboxylic acid groups (broad SMARTS) is 1. The first-order valence-electron chi connectivity index (χ1n) is 10.7. The Bertz CT molecular complexity index is 844. The number of carboxylic acids is 1. The third-order valence-corrected chi connectivity index (χ3v) is 4.11. The highest BCUT2D eigenvalue weighted by Gasteiger charge is 2.50. The number of ether oxygens (including phenoxy) is 1. The van der Waals surface area contributed by atoms with Crippen LogP contribution in [0.25, 0.3) is 0 Å². The van der Waals surface area contributed by atoms with Crippen LogP contribution in [0.15, 0.2) is 30.2 Å². The lowest BCUT2D eigenvalue weighted by atomic mass is 9.87. The zero-order chi connectivity index (χ0) is 21.8. The Morgan fingerprint density at radius 2 is 2.14 bits per heavy atom. The number of fused-ring (bicyclic) bond motifs is 2. The zero-order valence-corrected chi connectivity index (χ0v) is 11.0.